The van der Waals surface area contributed by atoms with E-state index in [1.54, 1.807) is 30.5 Å². The fourth-order valence-electron chi connectivity index (χ4n) is 3.61. The van der Waals surface area contributed by atoms with Crippen molar-refractivity contribution in [1.29, 1.82) is 0 Å². The Morgan fingerprint density at radius 1 is 0.786 bits per heavy atom. The van der Waals surface area contributed by atoms with E-state index in [1.807, 2.05) is 54.6 Å². The third-order valence-electron chi connectivity index (χ3n) is 4.92. The molecule has 134 valence electrons. The van der Waals surface area contributed by atoms with Gasteiger partial charge in [0.25, 0.3) is 0 Å². The Kier molecular flexibility index (Phi) is 3.69. The van der Waals surface area contributed by atoms with Crippen LogP contribution in [0.25, 0.3) is 27.1 Å². The van der Waals surface area contributed by atoms with Crippen LogP contribution in [0.3, 0.4) is 0 Å². The van der Waals surface area contributed by atoms with Crippen LogP contribution in [0.4, 0.5) is 0 Å². The first-order valence-electron chi connectivity index (χ1n) is 8.96. The minimum absolute atomic E-state index is 0.0430. The Morgan fingerprint density at radius 3 is 2.00 bits per heavy atom. The molecular weight excluding hydrogens is 350 g/mol. The normalized spacial score (nSPS) is 15.6. The second-order valence-corrected chi connectivity index (χ2v) is 6.61. The van der Waals surface area contributed by atoms with Crippen LogP contribution in [0.2, 0.25) is 0 Å². The molecule has 0 saturated carbocycles. The number of hydroxylamine groups is 1. The summed E-state index contributed by atoms with van der Waals surface area (Å²) in [6.07, 6.45) is 1.61. The van der Waals surface area contributed by atoms with E-state index < -0.39 is 11.9 Å². The summed E-state index contributed by atoms with van der Waals surface area (Å²) in [5.41, 5.74) is 1.43. The largest absolute Gasteiger partial charge is 0.819 e. The molecule has 4 nitrogen and oxygen atoms in total. The fraction of sp³-hybridized carbons (Fsp3) is 0. The van der Waals surface area contributed by atoms with E-state index in [2.05, 4.69) is 6.07 Å². The van der Waals surface area contributed by atoms with E-state index in [4.69, 9.17) is 4.84 Å². The SMILES string of the molecule is O=C1O[N+](=Cc2c3ccccc3cc3ccccc23)C([O-])=C1c1ccccc1. The van der Waals surface area contributed by atoms with Crippen LogP contribution in [-0.4, -0.2) is 16.9 Å². The van der Waals surface area contributed by atoms with E-state index >= 15 is 0 Å². The minimum Gasteiger partial charge on any atom is -0.819 e. The Morgan fingerprint density at radius 2 is 1.36 bits per heavy atom. The molecule has 0 fully saturated rings. The number of rotatable bonds is 2. The maximum Gasteiger partial charge on any atom is 0.417 e. The highest BCUT2D eigenvalue weighted by molar-refractivity contribution is 6.18. The molecule has 5 rings (SSSR count). The highest BCUT2D eigenvalue weighted by atomic mass is 16.7. The van der Waals surface area contributed by atoms with Crippen molar-refractivity contribution >= 4 is 39.3 Å². The number of benzene rings is 4. The van der Waals surface area contributed by atoms with Gasteiger partial charge in [-0.05, 0) is 33.2 Å². The van der Waals surface area contributed by atoms with E-state index in [1.165, 1.54) is 0 Å². The molecule has 0 amide bonds. The molecule has 0 spiro atoms. The van der Waals surface area contributed by atoms with Gasteiger partial charge in [-0.3, -0.25) is 0 Å². The van der Waals surface area contributed by atoms with Gasteiger partial charge in [-0.1, -0.05) is 78.9 Å². The second kappa shape index (κ2) is 6.35. The molecule has 0 atom stereocenters. The molecular formula is C24H15NO3. The lowest BCUT2D eigenvalue weighted by Crippen LogP contribution is -2.18. The molecule has 28 heavy (non-hydrogen) atoms. The Balaban J connectivity index is 1.76. The van der Waals surface area contributed by atoms with Crippen molar-refractivity contribution < 1.29 is 19.5 Å². The fourth-order valence-corrected chi connectivity index (χ4v) is 3.61. The zero-order chi connectivity index (χ0) is 19.1. The molecule has 1 aliphatic rings. The summed E-state index contributed by atoms with van der Waals surface area (Å²) in [6.45, 7) is 0. The maximum atomic E-state index is 12.9. The topological polar surface area (TPSA) is 52.4 Å². The van der Waals surface area contributed by atoms with Gasteiger partial charge >= 0.3 is 5.97 Å². The zero-order valence-electron chi connectivity index (χ0n) is 14.8. The molecule has 1 heterocycles. The molecule has 0 aliphatic carbocycles. The summed E-state index contributed by atoms with van der Waals surface area (Å²) in [5, 5.41) is 17.0. The molecule has 0 aromatic heterocycles. The maximum absolute atomic E-state index is 12.9. The molecule has 4 heteroatoms. The van der Waals surface area contributed by atoms with E-state index in [0.29, 0.717) is 5.56 Å². The van der Waals surface area contributed by atoms with Gasteiger partial charge < -0.3 is 5.11 Å². The van der Waals surface area contributed by atoms with Crippen LogP contribution >= 0.6 is 0 Å². The lowest BCUT2D eigenvalue weighted by molar-refractivity contribution is -0.770. The van der Waals surface area contributed by atoms with Gasteiger partial charge in [0.1, 0.15) is 5.57 Å². The standard InChI is InChI=1S/C24H15NO3/c26-23-22(16-8-2-1-3-9-16)24(27)28-25(23)15-21-19-12-6-4-10-17(19)14-18-11-5-7-13-20(18)21/h1-15H. The lowest BCUT2D eigenvalue weighted by Gasteiger charge is -2.07. The van der Waals surface area contributed by atoms with Crippen molar-refractivity contribution in [2.75, 3.05) is 0 Å². The van der Waals surface area contributed by atoms with Crippen molar-refractivity contribution in [3.63, 3.8) is 0 Å². The number of carbonyl (C=O) groups excluding carboxylic acids is 1. The van der Waals surface area contributed by atoms with Crippen LogP contribution in [-0.2, 0) is 9.63 Å². The molecule has 1 aliphatic heterocycles. The second-order valence-electron chi connectivity index (χ2n) is 6.61. The Bertz CT molecular complexity index is 1250. The van der Waals surface area contributed by atoms with Crippen LogP contribution in [0.5, 0.6) is 0 Å². The molecule has 0 N–H and O–H groups in total. The van der Waals surface area contributed by atoms with Crippen LogP contribution in [0, 0.1) is 0 Å². The first-order valence-corrected chi connectivity index (χ1v) is 8.96. The summed E-state index contributed by atoms with van der Waals surface area (Å²) >= 11 is 0. The monoisotopic (exact) mass is 365 g/mol. The van der Waals surface area contributed by atoms with Gasteiger partial charge in [-0.25, -0.2) is 4.79 Å². The lowest BCUT2D eigenvalue weighted by atomic mass is 9.97. The van der Waals surface area contributed by atoms with Crippen molar-refractivity contribution in [1.82, 2.24) is 0 Å². The molecule has 0 saturated heterocycles. The van der Waals surface area contributed by atoms with Crippen LogP contribution < -0.4 is 5.11 Å². The average molecular weight is 365 g/mol. The van der Waals surface area contributed by atoms with Gasteiger partial charge in [0.05, 0.1) is 5.56 Å². The van der Waals surface area contributed by atoms with Crippen LogP contribution in [0.15, 0.2) is 90.8 Å². The zero-order valence-corrected chi connectivity index (χ0v) is 14.8. The smallest absolute Gasteiger partial charge is 0.417 e. The van der Waals surface area contributed by atoms with E-state index in [-0.39, 0.29) is 5.57 Å². The molecule has 0 radical (unpaired) electrons. The molecule has 4 aromatic carbocycles. The number of carbonyl (C=O) groups is 1. The van der Waals surface area contributed by atoms with Crippen molar-refractivity contribution in [2.24, 2.45) is 0 Å². The van der Waals surface area contributed by atoms with Gasteiger partial charge in [0, 0.05) is 4.74 Å². The number of hydrogen-bond acceptors (Lipinski definition) is 3. The summed E-state index contributed by atoms with van der Waals surface area (Å²) in [7, 11) is 0. The van der Waals surface area contributed by atoms with Crippen LogP contribution in [0.1, 0.15) is 11.1 Å². The van der Waals surface area contributed by atoms with E-state index in [0.717, 1.165) is 31.8 Å². The van der Waals surface area contributed by atoms with Crippen molar-refractivity contribution in [3.05, 3.63) is 102 Å². The van der Waals surface area contributed by atoms with Crippen molar-refractivity contribution in [2.45, 2.75) is 0 Å². The Hall–Kier alpha value is -3.92. The number of fused-ring (bicyclic) bond motifs is 2. The number of hydrogen-bond donors (Lipinski definition) is 0. The third kappa shape index (κ3) is 2.55. The van der Waals surface area contributed by atoms with Gasteiger partial charge in [-0.15, -0.1) is 0 Å². The molecule has 0 bridgehead atoms. The molecule has 0 unspecified atom stereocenters. The Labute approximate surface area is 161 Å². The summed E-state index contributed by atoms with van der Waals surface area (Å²) in [4.78, 5) is 17.7. The van der Waals surface area contributed by atoms with Gasteiger partial charge in [0.2, 0.25) is 12.1 Å². The summed E-state index contributed by atoms with van der Waals surface area (Å²) in [5.74, 6) is -1.11. The van der Waals surface area contributed by atoms with Gasteiger partial charge in [-0.2, -0.15) is 4.84 Å². The third-order valence-corrected chi connectivity index (χ3v) is 4.92. The van der Waals surface area contributed by atoms with Crippen molar-refractivity contribution in [3.8, 4) is 0 Å². The summed E-state index contributed by atoms with van der Waals surface area (Å²) in [6, 6.07) is 26.9. The minimum atomic E-state index is -0.642. The first kappa shape index (κ1) is 16.3. The van der Waals surface area contributed by atoms with E-state index in [9.17, 15) is 9.90 Å². The van der Waals surface area contributed by atoms with Gasteiger partial charge in [0.15, 0.2) is 0 Å². The first-order chi connectivity index (χ1) is 13.7. The molecule has 4 aromatic rings. The average Bonchev–Trinajstić information content (AvgIpc) is 3.01. The quantitative estimate of drug-likeness (QED) is 0.310. The highest BCUT2D eigenvalue weighted by Crippen LogP contribution is 2.29. The predicted octanol–water partition coefficient (Wildman–Crippen LogP) is 3.63. The number of nitrogens with zero attached hydrogens (tertiary/aromatic N) is 1. The predicted molar refractivity (Wildman–Crippen MR) is 106 cm³/mol. The highest BCUT2D eigenvalue weighted by Gasteiger charge is 2.34. The summed E-state index contributed by atoms with van der Waals surface area (Å²) < 4.78 is 1.04.